The van der Waals surface area contributed by atoms with Crippen molar-refractivity contribution in [2.45, 2.75) is 29.9 Å². The zero-order chi connectivity index (χ0) is 12.1. The molecule has 0 aliphatic rings. The smallest absolute Gasteiger partial charge is 0.116 e. The largest absolute Gasteiger partial charge is 0.392 e. The highest BCUT2D eigenvalue weighted by Gasteiger charge is 2.00. The molecule has 0 atom stereocenters. The molecule has 4 heteroatoms. The standard InChI is InChI=1S/C13H14N2OS/c1-2-11-7-13(15-9-14-11)17-12-5-3-10(8-16)4-6-12/h3-7,9,16H,2,8H2,1H3. The lowest BCUT2D eigenvalue weighted by molar-refractivity contribution is 0.282. The number of hydrogen-bond acceptors (Lipinski definition) is 4. The molecule has 0 bridgehead atoms. The number of aliphatic hydroxyl groups is 1. The van der Waals surface area contributed by atoms with Crippen LogP contribution < -0.4 is 0 Å². The Bertz CT molecular complexity index is 485. The second-order valence-corrected chi connectivity index (χ2v) is 4.70. The average molecular weight is 246 g/mol. The third-order valence-corrected chi connectivity index (χ3v) is 3.33. The van der Waals surface area contributed by atoms with Crippen LogP contribution >= 0.6 is 11.8 Å². The Labute approximate surface area is 105 Å². The molecule has 2 rings (SSSR count). The molecule has 2 aromatic rings. The highest BCUT2D eigenvalue weighted by Crippen LogP contribution is 2.26. The fourth-order valence-corrected chi connectivity index (χ4v) is 2.22. The molecule has 1 aromatic heterocycles. The maximum atomic E-state index is 8.96. The summed E-state index contributed by atoms with van der Waals surface area (Å²) in [6.07, 6.45) is 2.52. The Morgan fingerprint density at radius 2 is 1.94 bits per heavy atom. The first-order valence-electron chi connectivity index (χ1n) is 5.50. The molecule has 3 nitrogen and oxygen atoms in total. The first-order chi connectivity index (χ1) is 8.31. The molecule has 0 aliphatic heterocycles. The first-order valence-corrected chi connectivity index (χ1v) is 6.32. The highest BCUT2D eigenvalue weighted by molar-refractivity contribution is 7.99. The number of hydrogen-bond donors (Lipinski definition) is 1. The number of rotatable bonds is 4. The van der Waals surface area contributed by atoms with Crippen LogP contribution in [0.5, 0.6) is 0 Å². The summed E-state index contributed by atoms with van der Waals surface area (Å²) in [4.78, 5) is 9.51. The third-order valence-electron chi connectivity index (χ3n) is 2.39. The fourth-order valence-electron chi connectivity index (χ4n) is 1.41. The van der Waals surface area contributed by atoms with Gasteiger partial charge in [-0.1, -0.05) is 30.8 Å². The van der Waals surface area contributed by atoms with Gasteiger partial charge >= 0.3 is 0 Å². The highest BCUT2D eigenvalue weighted by atomic mass is 32.2. The van der Waals surface area contributed by atoms with Gasteiger partial charge in [0.25, 0.3) is 0 Å². The van der Waals surface area contributed by atoms with E-state index in [0.717, 1.165) is 27.6 Å². The Hall–Kier alpha value is -1.39. The second-order valence-electron chi connectivity index (χ2n) is 3.61. The molecular formula is C13H14N2OS. The van der Waals surface area contributed by atoms with E-state index in [-0.39, 0.29) is 6.61 Å². The molecule has 0 unspecified atom stereocenters. The van der Waals surface area contributed by atoms with Gasteiger partial charge in [-0.05, 0) is 30.2 Å². The number of aryl methyl sites for hydroxylation is 1. The van der Waals surface area contributed by atoms with E-state index in [0.29, 0.717) is 0 Å². The van der Waals surface area contributed by atoms with E-state index in [1.54, 1.807) is 18.1 Å². The predicted octanol–water partition coefficient (Wildman–Crippen LogP) is 2.68. The Balaban J connectivity index is 2.13. The topological polar surface area (TPSA) is 46.0 Å². The quantitative estimate of drug-likeness (QED) is 0.842. The van der Waals surface area contributed by atoms with Crippen LogP contribution in [0.3, 0.4) is 0 Å². The Morgan fingerprint density at radius 3 is 2.59 bits per heavy atom. The number of aromatic nitrogens is 2. The van der Waals surface area contributed by atoms with Gasteiger partial charge in [-0.15, -0.1) is 0 Å². The van der Waals surface area contributed by atoms with Crippen LogP contribution in [0, 0.1) is 0 Å². The molecule has 0 fully saturated rings. The van der Waals surface area contributed by atoms with E-state index in [1.807, 2.05) is 30.3 Å². The van der Waals surface area contributed by atoms with Crippen molar-refractivity contribution in [1.29, 1.82) is 0 Å². The summed E-state index contributed by atoms with van der Waals surface area (Å²) in [7, 11) is 0. The summed E-state index contributed by atoms with van der Waals surface area (Å²) in [5, 5.41) is 9.91. The van der Waals surface area contributed by atoms with E-state index in [4.69, 9.17) is 5.11 Å². The summed E-state index contributed by atoms with van der Waals surface area (Å²) < 4.78 is 0. The monoisotopic (exact) mass is 246 g/mol. The third kappa shape index (κ3) is 3.28. The van der Waals surface area contributed by atoms with Gasteiger partial charge in [0, 0.05) is 10.6 Å². The lowest BCUT2D eigenvalue weighted by atomic mass is 10.2. The van der Waals surface area contributed by atoms with Crippen LogP contribution in [0.1, 0.15) is 18.2 Å². The van der Waals surface area contributed by atoms with Gasteiger partial charge in [0.2, 0.25) is 0 Å². The van der Waals surface area contributed by atoms with Crippen molar-refractivity contribution in [3.05, 3.63) is 47.9 Å². The van der Waals surface area contributed by atoms with E-state index < -0.39 is 0 Å². The minimum Gasteiger partial charge on any atom is -0.392 e. The van der Waals surface area contributed by atoms with Crippen LogP contribution in [-0.2, 0) is 13.0 Å². The minimum absolute atomic E-state index is 0.0818. The SMILES string of the molecule is CCc1cc(Sc2ccc(CO)cc2)ncn1. The summed E-state index contributed by atoms with van der Waals surface area (Å²) in [6, 6.07) is 9.83. The van der Waals surface area contributed by atoms with Crippen LogP contribution in [0.15, 0.2) is 46.6 Å². The molecule has 0 spiro atoms. The molecule has 0 aliphatic carbocycles. The van der Waals surface area contributed by atoms with Crippen molar-refractivity contribution < 1.29 is 5.11 Å². The molecule has 88 valence electrons. The number of nitrogens with zero attached hydrogens (tertiary/aromatic N) is 2. The van der Waals surface area contributed by atoms with Crippen molar-refractivity contribution in [1.82, 2.24) is 9.97 Å². The van der Waals surface area contributed by atoms with Gasteiger partial charge in [-0.25, -0.2) is 9.97 Å². The van der Waals surface area contributed by atoms with Gasteiger partial charge in [0.1, 0.15) is 11.4 Å². The molecule has 0 radical (unpaired) electrons. The van der Waals surface area contributed by atoms with E-state index >= 15 is 0 Å². The summed E-state index contributed by atoms with van der Waals surface area (Å²) in [6.45, 7) is 2.16. The van der Waals surface area contributed by atoms with E-state index in [9.17, 15) is 0 Å². The van der Waals surface area contributed by atoms with Crippen molar-refractivity contribution in [2.24, 2.45) is 0 Å². The minimum atomic E-state index is 0.0818. The molecule has 1 N–H and O–H groups in total. The summed E-state index contributed by atoms with van der Waals surface area (Å²) in [5.74, 6) is 0. The van der Waals surface area contributed by atoms with Crippen molar-refractivity contribution in [2.75, 3.05) is 0 Å². The number of benzene rings is 1. The fraction of sp³-hybridized carbons (Fsp3) is 0.231. The molecule has 0 saturated carbocycles. The molecule has 1 heterocycles. The summed E-state index contributed by atoms with van der Waals surface area (Å²) in [5.41, 5.74) is 1.97. The summed E-state index contributed by atoms with van der Waals surface area (Å²) >= 11 is 1.60. The van der Waals surface area contributed by atoms with Crippen LogP contribution in [0.4, 0.5) is 0 Å². The van der Waals surface area contributed by atoms with Gasteiger partial charge in [0.05, 0.1) is 6.61 Å². The predicted molar refractivity (Wildman–Crippen MR) is 67.9 cm³/mol. The molecular weight excluding hydrogens is 232 g/mol. The van der Waals surface area contributed by atoms with Crippen LogP contribution in [-0.4, -0.2) is 15.1 Å². The Kier molecular flexibility index (Phi) is 4.12. The van der Waals surface area contributed by atoms with Gasteiger partial charge in [-0.3, -0.25) is 0 Å². The van der Waals surface area contributed by atoms with Crippen molar-refractivity contribution >= 4 is 11.8 Å². The van der Waals surface area contributed by atoms with E-state index in [1.165, 1.54) is 0 Å². The second kappa shape index (κ2) is 5.80. The van der Waals surface area contributed by atoms with E-state index in [2.05, 4.69) is 16.9 Å². The molecule has 0 saturated heterocycles. The van der Waals surface area contributed by atoms with Gasteiger partial charge in [-0.2, -0.15) is 0 Å². The first kappa shape index (κ1) is 12.1. The molecule has 0 amide bonds. The van der Waals surface area contributed by atoms with Crippen LogP contribution in [0.2, 0.25) is 0 Å². The van der Waals surface area contributed by atoms with Crippen molar-refractivity contribution in [3.8, 4) is 0 Å². The lowest BCUT2D eigenvalue weighted by Gasteiger charge is -2.03. The zero-order valence-electron chi connectivity index (χ0n) is 9.63. The van der Waals surface area contributed by atoms with Gasteiger partial charge < -0.3 is 5.11 Å². The lowest BCUT2D eigenvalue weighted by Crippen LogP contribution is -1.89. The average Bonchev–Trinajstić information content (AvgIpc) is 2.40. The normalized spacial score (nSPS) is 10.5. The maximum absolute atomic E-state index is 8.96. The Morgan fingerprint density at radius 1 is 1.18 bits per heavy atom. The molecule has 1 aromatic carbocycles. The number of aliphatic hydroxyl groups excluding tert-OH is 1. The molecule has 17 heavy (non-hydrogen) atoms. The van der Waals surface area contributed by atoms with Crippen molar-refractivity contribution in [3.63, 3.8) is 0 Å². The zero-order valence-corrected chi connectivity index (χ0v) is 10.4. The van der Waals surface area contributed by atoms with Crippen LogP contribution in [0.25, 0.3) is 0 Å². The van der Waals surface area contributed by atoms with Gasteiger partial charge in [0.15, 0.2) is 0 Å². The maximum Gasteiger partial charge on any atom is 0.116 e.